The minimum Gasteiger partial charge on any atom is -0.463 e. The zero-order valence-corrected chi connectivity index (χ0v) is 28.1. The van der Waals surface area contributed by atoms with Gasteiger partial charge in [-0.15, -0.1) is 0 Å². The molecule has 0 spiro atoms. The Morgan fingerprint density at radius 2 is 1.33 bits per heavy atom. The summed E-state index contributed by atoms with van der Waals surface area (Å²) in [6.07, 6.45) is 18.1. The monoisotopic (exact) mass is 717 g/mol. The number of halogens is 2. The van der Waals surface area contributed by atoms with Crippen LogP contribution in [0.2, 0.25) is 0 Å². The Balaban J connectivity index is 1.40. The average Bonchev–Trinajstić information content (AvgIpc) is 3.49. The first-order chi connectivity index (χ1) is 20.5. The standard InChI is InChI=1S/C31H49Br2N3O6/c32-20-15-11-7-3-1-5-9-13-17-26(37)39-23-24-28(29-30(40-24)36-22-19-25(34)35-31(36)42-29)41-27(38)18-14-10-6-2-4-8-12-16-21-33/h19,22,24,28-30,34H,1-18,20-21,23H2/t24-,28-,29-,30-/m1/s1. The van der Waals surface area contributed by atoms with Crippen molar-refractivity contribution < 1.29 is 28.5 Å². The Bertz CT molecular complexity index is 994. The van der Waals surface area contributed by atoms with E-state index in [2.05, 4.69) is 36.8 Å². The molecule has 2 aliphatic rings. The molecule has 9 nitrogen and oxygen atoms in total. The van der Waals surface area contributed by atoms with Crippen LogP contribution < -0.4 is 10.2 Å². The molecule has 0 amide bonds. The molecule has 0 aliphatic carbocycles. The van der Waals surface area contributed by atoms with Gasteiger partial charge in [-0.1, -0.05) is 109 Å². The van der Waals surface area contributed by atoms with Crippen LogP contribution in [0.4, 0.5) is 0 Å². The van der Waals surface area contributed by atoms with Crippen LogP contribution in [-0.4, -0.2) is 57.1 Å². The van der Waals surface area contributed by atoms with Crippen molar-refractivity contribution in [1.82, 2.24) is 9.55 Å². The van der Waals surface area contributed by atoms with E-state index in [0.29, 0.717) is 12.8 Å². The van der Waals surface area contributed by atoms with Gasteiger partial charge in [-0.05, 0) is 31.7 Å². The largest absolute Gasteiger partial charge is 0.463 e. The number of unbranched alkanes of at least 4 members (excludes halogenated alkanes) is 14. The first-order valence-electron chi connectivity index (χ1n) is 16.0. The molecular formula is C31H49Br2N3O6. The SMILES string of the molecule is N=c1ccn2c(n1)O[C@@H]1[C@H](OC(=O)CCCCCCCCCCBr)[C@@H](COC(=O)CCCCCCCCCCBr)O[C@H]12. The number of rotatable bonds is 23. The smallest absolute Gasteiger partial charge is 0.306 e. The van der Waals surface area contributed by atoms with Gasteiger partial charge in [0, 0.05) is 29.7 Å². The van der Waals surface area contributed by atoms with Crippen LogP contribution in [0.1, 0.15) is 122 Å². The fourth-order valence-electron chi connectivity index (χ4n) is 5.46. The van der Waals surface area contributed by atoms with E-state index >= 15 is 0 Å². The number of aromatic nitrogens is 2. The molecule has 11 heteroatoms. The predicted octanol–water partition coefficient (Wildman–Crippen LogP) is 7.29. The Hall–Kier alpha value is -1.46. The summed E-state index contributed by atoms with van der Waals surface area (Å²) >= 11 is 6.94. The molecule has 3 heterocycles. The molecule has 1 N–H and O–H groups in total. The molecule has 0 saturated carbocycles. The topological polar surface area (TPSA) is 113 Å². The molecule has 3 rings (SSSR count). The summed E-state index contributed by atoms with van der Waals surface area (Å²) < 4.78 is 25.3. The maximum atomic E-state index is 12.8. The minimum atomic E-state index is -0.731. The van der Waals surface area contributed by atoms with Crippen molar-refractivity contribution in [2.24, 2.45) is 0 Å². The zero-order valence-electron chi connectivity index (χ0n) is 24.9. The third-order valence-electron chi connectivity index (χ3n) is 7.84. The van der Waals surface area contributed by atoms with Crippen molar-refractivity contribution in [3.63, 3.8) is 0 Å². The van der Waals surface area contributed by atoms with Crippen molar-refractivity contribution >= 4 is 43.8 Å². The summed E-state index contributed by atoms with van der Waals surface area (Å²) in [5.74, 6) is -0.566. The Morgan fingerprint density at radius 3 is 1.90 bits per heavy atom. The van der Waals surface area contributed by atoms with Crippen LogP contribution in [-0.2, 0) is 23.8 Å². The molecule has 4 atom stereocenters. The lowest BCUT2D eigenvalue weighted by Gasteiger charge is -2.22. The van der Waals surface area contributed by atoms with Crippen LogP contribution in [0.15, 0.2) is 12.3 Å². The molecule has 0 bridgehead atoms. The maximum absolute atomic E-state index is 12.8. The van der Waals surface area contributed by atoms with Crippen LogP contribution in [0.5, 0.6) is 6.01 Å². The number of fused-ring (bicyclic) bond motifs is 3. The fraction of sp³-hybridized carbons (Fsp3) is 0.806. The number of esters is 2. The second-order valence-corrected chi connectivity index (χ2v) is 12.9. The van der Waals surface area contributed by atoms with Gasteiger partial charge in [0.2, 0.25) is 0 Å². The molecule has 0 radical (unpaired) electrons. The third-order valence-corrected chi connectivity index (χ3v) is 8.96. The number of nitrogens with one attached hydrogen (secondary N) is 1. The molecule has 0 unspecified atom stereocenters. The number of hydrogen-bond donors (Lipinski definition) is 1. The number of carbonyl (C=O) groups is 2. The first kappa shape index (κ1) is 35.0. The summed E-state index contributed by atoms with van der Waals surface area (Å²) in [4.78, 5) is 29.4. The van der Waals surface area contributed by atoms with E-state index in [4.69, 9.17) is 24.4 Å². The Labute approximate surface area is 267 Å². The summed E-state index contributed by atoms with van der Waals surface area (Å²) in [7, 11) is 0. The Kier molecular flexibility index (Phi) is 17.1. The molecule has 238 valence electrons. The third kappa shape index (κ3) is 12.3. The Morgan fingerprint density at radius 1 is 0.810 bits per heavy atom. The normalized spacial score (nSPS) is 20.6. The second kappa shape index (κ2) is 20.5. The highest BCUT2D eigenvalue weighted by atomic mass is 79.9. The van der Waals surface area contributed by atoms with Gasteiger partial charge in [-0.25, -0.2) is 0 Å². The lowest BCUT2D eigenvalue weighted by Crippen LogP contribution is -2.40. The van der Waals surface area contributed by atoms with Gasteiger partial charge in [-0.3, -0.25) is 19.6 Å². The van der Waals surface area contributed by atoms with Gasteiger partial charge >= 0.3 is 17.9 Å². The van der Waals surface area contributed by atoms with E-state index in [-0.39, 0.29) is 30.0 Å². The van der Waals surface area contributed by atoms with Crippen LogP contribution in [0, 0.1) is 5.41 Å². The highest BCUT2D eigenvalue weighted by Gasteiger charge is 2.54. The minimum absolute atomic E-state index is 0.00433. The lowest BCUT2D eigenvalue weighted by atomic mass is 10.1. The van der Waals surface area contributed by atoms with Crippen molar-refractivity contribution in [2.45, 2.75) is 140 Å². The average molecular weight is 720 g/mol. The highest BCUT2D eigenvalue weighted by molar-refractivity contribution is 9.09. The van der Waals surface area contributed by atoms with Gasteiger partial charge < -0.3 is 18.9 Å². The summed E-state index contributed by atoms with van der Waals surface area (Å²) in [5.41, 5.74) is 0.0815. The lowest BCUT2D eigenvalue weighted by molar-refractivity contribution is -0.160. The number of carbonyl (C=O) groups excluding carboxylic acids is 2. The molecule has 42 heavy (non-hydrogen) atoms. The van der Waals surface area contributed by atoms with Gasteiger partial charge in [-0.2, -0.15) is 4.98 Å². The van der Waals surface area contributed by atoms with E-state index in [1.54, 1.807) is 16.8 Å². The van der Waals surface area contributed by atoms with Crippen molar-refractivity contribution in [1.29, 1.82) is 5.41 Å². The van der Waals surface area contributed by atoms with E-state index in [9.17, 15) is 9.59 Å². The summed E-state index contributed by atoms with van der Waals surface area (Å²) in [5, 5.41) is 9.94. The zero-order chi connectivity index (χ0) is 30.0. The van der Waals surface area contributed by atoms with Gasteiger partial charge in [0.25, 0.3) is 0 Å². The molecular weight excluding hydrogens is 670 g/mol. The summed E-state index contributed by atoms with van der Waals surface area (Å²) in [6, 6.07) is 1.81. The predicted molar refractivity (Wildman–Crippen MR) is 168 cm³/mol. The number of ether oxygens (including phenoxy) is 4. The van der Waals surface area contributed by atoms with Gasteiger partial charge in [0.05, 0.1) is 0 Å². The van der Waals surface area contributed by atoms with Crippen LogP contribution in [0.25, 0.3) is 0 Å². The van der Waals surface area contributed by atoms with Gasteiger partial charge in [0.15, 0.2) is 23.9 Å². The van der Waals surface area contributed by atoms with Crippen molar-refractivity contribution in [3.8, 4) is 6.01 Å². The maximum Gasteiger partial charge on any atom is 0.306 e. The van der Waals surface area contributed by atoms with E-state index in [1.165, 1.54) is 64.2 Å². The van der Waals surface area contributed by atoms with E-state index in [0.717, 1.165) is 49.2 Å². The molecule has 1 aromatic rings. The van der Waals surface area contributed by atoms with Crippen LogP contribution >= 0.6 is 31.9 Å². The van der Waals surface area contributed by atoms with Gasteiger partial charge in [0.1, 0.15) is 12.7 Å². The molecule has 0 aromatic carbocycles. The number of alkyl halides is 2. The fourth-order valence-corrected chi connectivity index (χ4v) is 6.25. The summed E-state index contributed by atoms with van der Waals surface area (Å²) in [6.45, 7) is -0.00433. The van der Waals surface area contributed by atoms with Crippen molar-refractivity contribution in [2.75, 3.05) is 17.3 Å². The van der Waals surface area contributed by atoms with Crippen molar-refractivity contribution in [3.05, 3.63) is 17.8 Å². The molecule has 1 fully saturated rings. The molecule has 2 aliphatic heterocycles. The van der Waals surface area contributed by atoms with E-state index in [1.807, 2.05) is 0 Å². The van der Waals surface area contributed by atoms with Crippen LogP contribution in [0.3, 0.4) is 0 Å². The number of nitrogens with zero attached hydrogens (tertiary/aromatic N) is 2. The molecule has 1 saturated heterocycles. The second-order valence-electron chi connectivity index (χ2n) is 11.3. The number of hydrogen-bond acceptors (Lipinski definition) is 8. The van der Waals surface area contributed by atoms with E-state index < -0.39 is 24.5 Å². The quantitative estimate of drug-likeness (QED) is 0.0719. The first-order valence-corrected chi connectivity index (χ1v) is 18.2. The molecule has 1 aromatic heterocycles. The highest BCUT2D eigenvalue weighted by Crippen LogP contribution is 2.40.